The zero-order chi connectivity index (χ0) is 21.1. The third-order valence-corrected chi connectivity index (χ3v) is 5.83. The summed E-state index contributed by atoms with van der Waals surface area (Å²) in [4.78, 5) is 14.5. The Labute approximate surface area is 179 Å². The molecule has 2 aromatic carbocycles. The predicted octanol–water partition coefficient (Wildman–Crippen LogP) is 4.08. The van der Waals surface area contributed by atoms with Gasteiger partial charge in [0.2, 0.25) is 0 Å². The van der Waals surface area contributed by atoms with Crippen molar-refractivity contribution in [2.24, 2.45) is 0 Å². The van der Waals surface area contributed by atoms with Gasteiger partial charge < -0.3 is 19.8 Å². The maximum Gasteiger partial charge on any atom is 0.195 e. The molecule has 0 saturated heterocycles. The number of hydrogen-bond acceptors (Lipinski definition) is 7. The topological polar surface area (TPSA) is 88.1 Å². The van der Waals surface area contributed by atoms with Gasteiger partial charge in [-0.3, -0.25) is 0 Å². The van der Waals surface area contributed by atoms with Crippen LogP contribution in [0.4, 0.5) is 5.82 Å². The number of rotatable bonds is 7. The zero-order valence-corrected chi connectivity index (χ0v) is 17.9. The van der Waals surface area contributed by atoms with E-state index < -0.39 is 0 Å². The van der Waals surface area contributed by atoms with E-state index in [1.165, 1.54) is 22.9 Å². The molecule has 0 atom stereocenters. The Kier molecular flexibility index (Phi) is 5.76. The summed E-state index contributed by atoms with van der Waals surface area (Å²) in [6.45, 7) is 2.86. The highest BCUT2D eigenvalue weighted by Gasteiger charge is 2.20. The standard InChI is InChI=1S/C22H23N5O2S/c1-14-6-4-5-7-15(14)10-11-27-13-24-20(23)19-21(27)26-22(25-19)30-18-12-16(28-2)8-9-17(18)29-3/h4-9,12-13H,10-11,23H2,1-3H3. The number of ether oxygens (including phenoxy) is 2. The van der Waals surface area contributed by atoms with Crippen LogP contribution in [0, 0.1) is 6.92 Å². The molecule has 2 aromatic rings. The average molecular weight is 422 g/mol. The highest BCUT2D eigenvalue weighted by molar-refractivity contribution is 7.99. The molecule has 0 spiro atoms. The summed E-state index contributed by atoms with van der Waals surface area (Å²) in [5.74, 6) is 2.56. The molecule has 0 aliphatic carbocycles. The molecule has 0 unspecified atom stereocenters. The van der Waals surface area contributed by atoms with Gasteiger partial charge in [-0.15, -0.1) is 0 Å². The van der Waals surface area contributed by atoms with Crippen molar-refractivity contribution in [1.29, 1.82) is 0 Å². The molecular formula is C22H23N5O2S. The second kappa shape index (κ2) is 8.62. The monoisotopic (exact) mass is 421 g/mol. The fraction of sp³-hybridized carbons (Fsp3) is 0.227. The zero-order valence-electron chi connectivity index (χ0n) is 17.1. The molecule has 2 N–H and O–H groups in total. The molecule has 0 aromatic heterocycles. The molecule has 154 valence electrons. The van der Waals surface area contributed by atoms with Crippen molar-refractivity contribution in [2.45, 2.75) is 29.9 Å². The number of imidazole rings is 1. The molecule has 0 fully saturated rings. The van der Waals surface area contributed by atoms with Crippen LogP contribution >= 0.6 is 11.8 Å². The van der Waals surface area contributed by atoms with Crippen molar-refractivity contribution in [3.8, 4) is 23.0 Å². The predicted molar refractivity (Wildman–Crippen MR) is 117 cm³/mol. The largest absolute Gasteiger partial charge is 0.497 e. The number of aryl methyl sites for hydroxylation is 3. The summed E-state index contributed by atoms with van der Waals surface area (Å²) in [5.41, 5.74) is 9.25. The number of methoxy groups -OCH3 is 2. The van der Waals surface area contributed by atoms with Gasteiger partial charge in [0, 0.05) is 6.54 Å². The number of nitrogen functional groups attached to an aromatic ring is 1. The van der Waals surface area contributed by atoms with Gasteiger partial charge in [0.25, 0.3) is 0 Å². The summed E-state index contributed by atoms with van der Waals surface area (Å²) in [6, 6.07) is 14.0. The van der Waals surface area contributed by atoms with Gasteiger partial charge in [-0.1, -0.05) is 24.3 Å². The molecule has 4 rings (SSSR count). The van der Waals surface area contributed by atoms with E-state index in [2.05, 4.69) is 35.1 Å². The van der Waals surface area contributed by atoms with Crippen molar-refractivity contribution in [3.05, 3.63) is 59.9 Å². The molecule has 2 aliphatic rings. The molecule has 0 radical (unpaired) electrons. The number of nitrogens with two attached hydrogens (primary N) is 1. The second-order valence-corrected chi connectivity index (χ2v) is 7.81. The van der Waals surface area contributed by atoms with Crippen LogP contribution < -0.4 is 15.2 Å². The van der Waals surface area contributed by atoms with E-state index >= 15 is 0 Å². The number of hydrogen-bond donors (Lipinski definition) is 1. The van der Waals surface area contributed by atoms with Gasteiger partial charge in [0.1, 0.15) is 11.5 Å². The minimum absolute atomic E-state index is 0.370. The van der Waals surface area contributed by atoms with E-state index in [1.54, 1.807) is 20.5 Å². The highest BCUT2D eigenvalue weighted by atomic mass is 32.2. The van der Waals surface area contributed by atoms with Crippen LogP contribution in [0.15, 0.2) is 58.8 Å². The van der Waals surface area contributed by atoms with Crippen LogP contribution in [0.3, 0.4) is 0 Å². The van der Waals surface area contributed by atoms with Crippen molar-refractivity contribution in [3.63, 3.8) is 0 Å². The molecule has 0 bridgehead atoms. The molecule has 0 saturated carbocycles. The molecule has 7 nitrogen and oxygen atoms in total. The lowest BCUT2D eigenvalue weighted by atomic mass is 10.1. The van der Waals surface area contributed by atoms with Crippen LogP contribution in [0.25, 0.3) is 11.5 Å². The summed E-state index contributed by atoms with van der Waals surface area (Å²) < 4.78 is 12.8. The quantitative estimate of drug-likeness (QED) is 0.481. The maximum atomic E-state index is 6.08. The molecule has 2 heterocycles. The number of fused-ring (bicyclic) bond motifs is 1. The molecule has 2 aliphatic heterocycles. The third-order valence-electron chi connectivity index (χ3n) is 4.93. The van der Waals surface area contributed by atoms with Crippen molar-refractivity contribution in [2.75, 3.05) is 20.0 Å². The SMILES string of the molecule is COc1ccc(OC)c(Sc2nc3c(N)ncn(CCc4ccccc4C)c-3n2)c1. The van der Waals surface area contributed by atoms with E-state index in [0.29, 0.717) is 16.7 Å². The lowest BCUT2D eigenvalue weighted by Gasteiger charge is -2.12. The van der Waals surface area contributed by atoms with Crippen LogP contribution in [0.1, 0.15) is 11.1 Å². The first-order chi connectivity index (χ1) is 14.6. The van der Waals surface area contributed by atoms with Crippen LogP contribution in [0.2, 0.25) is 0 Å². The Hall–Kier alpha value is -3.26. The number of anilines is 1. The minimum atomic E-state index is 0.370. The molecule has 0 amide bonds. The van der Waals surface area contributed by atoms with Crippen LogP contribution in [-0.4, -0.2) is 33.7 Å². The first-order valence-corrected chi connectivity index (χ1v) is 10.3. The molecular weight excluding hydrogens is 398 g/mol. The van der Waals surface area contributed by atoms with E-state index in [0.717, 1.165) is 35.2 Å². The Morgan fingerprint density at radius 3 is 2.67 bits per heavy atom. The summed E-state index contributed by atoms with van der Waals surface area (Å²) in [7, 11) is 3.27. The van der Waals surface area contributed by atoms with E-state index in [1.807, 2.05) is 28.8 Å². The fourth-order valence-electron chi connectivity index (χ4n) is 3.24. The maximum absolute atomic E-state index is 6.08. The van der Waals surface area contributed by atoms with Gasteiger partial charge >= 0.3 is 0 Å². The number of nitrogens with zero attached hydrogens (tertiary/aromatic N) is 4. The minimum Gasteiger partial charge on any atom is -0.497 e. The summed E-state index contributed by atoms with van der Waals surface area (Å²) >= 11 is 1.40. The smallest absolute Gasteiger partial charge is 0.195 e. The van der Waals surface area contributed by atoms with Gasteiger partial charge in [-0.25, -0.2) is 15.0 Å². The Morgan fingerprint density at radius 2 is 1.90 bits per heavy atom. The first-order valence-electron chi connectivity index (χ1n) is 9.51. The Bertz CT molecular complexity index is 1140. The van der Waals surface area contributed by atoms with Crippen LogP contribution in [0.5, 0.6) is 11.5 Å². The van der Waals surface area contributed by atoms with E-state index in [9.17, 15) is 0 Å². The molecule has 30 heavy (non-hydrogen) atoms. The number of aromatic nitrogens is 4. The normalized spacial score (nSPS) is 11.0. The molecule has 8 heteroatoms. The average Bonchev–Trinajstić information content (AvgIpc) is 3.19. The number of benzene rings is 2. The van der Waals surface area contributed by atoms with Crippen LogP contribution in [-0.2, 0) is 13.0 Å². The van der Waals surface area contributed by atoms with Crippen molar-refractivity contribution < 1.29 is 9.47 Å². The summed E-state index contributed by atoms with van der Waals surface area (Å²) in [5, 5.41) is 0.584. The van der Waals surface area contributed by atoms with Gasteiger partial charge in [-0.05, 0) is 54.4 Å². The van der Waals surface area contributed by atoms with Gasteiger partial charge in [0.05, 0.1) is 25.4 Å². The van der Waals surface area contributed by atoms with Gasteiger partial charge in [0.15, 0.2) is 22.5 Å². The van der Waals surface area contributed by atoms with Gasteiger partial charge in [-0.2, -0.15) is 0 Å². The van der Waals surface area contributed by atoms with Crippen molar-refractivity contribution in [1.82, 2.24) is 19.5 Å². The van der Waals surface area contributed by atoms with E-state index in [4.69, 9.17) is 20.2 Å². The summed E-state index contributed by atoms with van der Waals surface area (Å²) in [6.07, 6.45) is 2.60. The third kappa shape index (κ3) is 4.04. The highest BCUT2D eigenvalue weighted by Crippen LogP contribution is 2.38. The van der Waals surface area contributed by atoms with Crippen molar-refractivity contribution >= 4 is 17.6 Å². The van der Waals surface area contributed by atoms with E-state index in [-0.39, 0.29) is 0 Å². The lowest BCUT2D eigenvalue weighted by Crippen LogP contribution is -2.10. The Balaban J connectivity index is 1.64. The second-order valence-electron chi connectivity index (χ2n) is 6.80. The first kappa shape index (κ1) is 20.0. The lowest BCUT2D eigenvalue weighted by molar-refractivity contribution is 0.394. The Morgan fingerprint density at radius 1 is 1.07 bits per heavy atom. The fourth-order valence-corrected chi connectivity index (χ4v) is 4.13.